The lowest BCUT2D eigenvalue weighted by Crippen LogP contribution is -2.57. The van der Waals surface area contributed by atoms with Crippen LogP contribution in [-0.4, -0.2) is 22.4 Å². The third-order valence-corrected chi connectivity index (χ3v) is 6.18. The molecule has 2 heteroatoms. The van der Waals surface area contributed by atoms with Crippen LogP contribution in [0.4, 0.5) is 0 Å². The van der Waals surface area contributed by atoms with Crippen LogP contribution in [0.25, 0.3) is 0 Å². The quantitative estimate of drug-likeness (QED) is 0.793. The predicted octanol–water partition coefficient (Wildman–Crippen LogP) is 3.36. The zero-order valence-electron chi connectivity index (χ0n) is 12.5. The summed E-state index contributed by atoms with van der Waals surface area (Å²) in [4.78, 5) is 0. The molecule has 0 unspecified atom stereocenters. The minimum atomic E-state index is -0.596. The normalized spacial score (nSPS) is 47.7. The van der Waals surface area contributed by atoms with Gasteiger partial charge in [0.05, 0.1) is 5.60 Å². The lowest BCUT2D eigenvalue weighted by Gasteiger charge is -2.61. The maximum absolute atomic E-state index is 10.7. The number of aliphatic hydroxyl groups excluding tert-OH is 1. The first kappa shape index (κ1) is 14.3. The minimum absolute atomic E-state index is 0.198. The third kappa shape index (κ3) is 2.12. The lowest BCUT2D eigenvalue weighted by atomic mass is 9.45. The van der Waals surface area contributed by atoms with Gasteiger partial charge in [0.2, 0.25) is 0 Å². The van der Waals surface area contributed by atoms with Gasteiger partial charge in [-0.15, -0.1) is 0 Å². The summed E-state index contributed by atoms with van der Waals surface area (Å²) in [6.45, 7) is 9.34. The van der Waals surface area contributed by atoms with E-state index in [-0.39, 0.29) is 17.9 Å². The number of fused-ring (bicyclic) bond motifs is 1. The van der Waals surface area contributed by atoms with E-state index >= 15 is 0 Å². The van der Waals surface area contributed by atoms with E-state index in [0.29, 0.717) is 11.3 Å². The van der Waals surface area contributed by atoms with Crippen molar-refractivity contribution in [3.63, 3.8) is 0 Å². The maximum atomic E-state index is 10.7. The highest BCUT2D eigenvalue weighted by atomic mass is 16.3. The van der Waals surface area contributed by atoms with Gasteiger partial charge in [-0.2, -0.15) is 0 Å². The van der Waals surface area contributed by atoms with Gasteiger partial charge in [-0.1, -0.05) is 27.2 Å². The van der Waals surface area contributed by atoms with Crippen LogP contribution in [0.1, 0.15) is 66.2 Å². The second kappa shape index (κ2) is 4.49. The Hall–Kier alpha value is -0.0800. The molecule has 106 valence electrons. The molecule has 0 radical (unpaired) electrons. The molecule has 2 N–H and O–H groups in total. The Morgan fingerprint density at radius 1 is 1.06 bits per heavy atom. The summed E-state index contributed by atoms with van der Waals surface area (Å²) in [6, 6.07) is 0. The Morgan fingerprint density at radius 2 is 1.72 bits per heavy atom. The highest BCUT2D eigenvalue weighted by molar-refractivity contribution is 5.07. The van der Waals surface area contributed by atoms with Crippen LogP contribution in [0.15, 0.2) is 0 Å². The summed E-state index contributed by atoms with van der Waals surface area (Å²) in [5, 5.41) is 20.1. The molecule has 2 aliphatic rings. The summed E-state index contributed by atoms with van der Waals surface area (Å²) >= 11 is 0. The van der Waals surface area contributed by atoms with E-state index in [2.05, 4.69) is 20.8 Å². The van der Waals surface area contributed by atoms with E-state index in [0.717, 1.165) is 19.3 Å². The number of aliphatic hydroxyl groups is 2. The first-order chi connectivity index (χ1) is 8.24. The van der Waals surface area contributed by atoms with E-state index in [1.165, 1.54) is 19.3 Å². The molecule has 4 atom stereocenters. The fraction of sp³-hybridized carbons (Fsp3) is 1.00. The Bertz CT molecular complexity index is 308. The minimum Gasteiger partial charge on any atom is -0.396 e. The molecule has 2 aliphatic carbocycles. The summed E-state index contributed by atoms with van der Waals surface area (Å²) in [6.07, 6.45) is 6.55. The van der Waals surface area contributed by atoms with Crippen molar-refractivity contribution in [3.8, 4) is 0 Å². The molecule has 18 heavy (non-hydrogen) atoms. The largest absolute Gasteiger partial charge is 0.396 e. The summed E-state index contributed by atoms with van der Waals surface area (Å²) < 4.78 is 0. The highest BCUT2D eigenvalue weighted by Crippen LogP contribution is 2.62. The first-order valence-electron chi connectivity index (χ1n) is 7.57. The van der Waals surface area contributed by atoms with Gasteiger partial charge >= 0.3 is 0 Å². The number of hydrogen-bond acceptors (Lipinski definition) is 2. The SMILES string of the molecule is CC1(C)CCC[C@]2(C)[C@@H]1CC[C@@](C)(O)[C@H]2CCO. The van der Waals surface area contributed by atoms with Crippen molar-refractivity contribution >= 4 is 0 Å². The second-order valence-electron chi connectivity index (χ2n) is 7.86. The van der Waals surface area contributed by atoms with E-state index < -0.39 is 5.60 Å². The maximum Gasteiger partial charge on any atom is 0.0654 e. The van der Waals surface area contributed by atoms with Gasteiger partial charge in [0, 0.05) is 6.61 Å². The summed E-state index contributed by atoms with van der Waals surface area (Å²) in [5.74, 6) is 0.934. The fourth-order valence-electron chi connectivity index (χ4n) is 5.39. The molecular weight excluding hydrogens is 224 g/mol. The van der Waals surface area contributed by atoms with Gasteiger partial charge in [-0.3, -0.25) is 0 Å². The first-order valence-corrected chi connectivity index (χ1v) is 7.57. The zero-order valence-corrected chi connectivity index (χ0v) is 12.5. The molecule has 0 bridgehead atoms. The molecule has 0 aromatic heterocycles. The predicted molar refractivity (Wildman–Crippen MR) is 74.3 cm³/mol. The molecule has 2 saturated carbocycles. The van der Waals surface area contributed by atoms with Crippen LogP contribution in [-0.2, 0) is 0 Å². The molecule has 2 nitrogen and oxygen atoms in total. The molecule has 0 aliphatic heterocycles. The van der Waals surface area contributed by atoms with Gasteiger partial charge in [0.15, 0.2) is 0 Å². The lowest BCUT2D eigenvalue weighted by molar-refractivity contribution is -0.171. The molecule has 0 aromatic rings. The van der Waals surface area contributed by atoms with E-state index in [9.17, 15) is 10.2 Å². The summed E-state index contributed by atoms with van der Waals surface area (Å²) in [7, 11) is 0. The zero-order chi connectivity index (χ0) is 13.6. The van der Waals surface area contributed by atoms with E-state index in [1.54, 1.807) is 0 Å². The van der Waals surface area contributed by atoms with Gasteiger partial charge in [0.25, 0.3) is 0 Å². The molecule has 0 amide bonds. The standard InChI is InChI=1S/C16H30O2/c1-14(2)8-5-9-15(3)12(14)6-10-16(4,18)13(15)7-11-17/h12-13,17-18H,5-11H2,1-4H3/t12-,13+,15-,16-/m1/s1. The molecule has 0 aromatic carbocycles. The van der Waals surface area contributed by atoms with Crippen LogP contribution in [0, 0.1) is 22.7 Å². The molecule has 0 heterocycles. The van der Waals surface area contributed by atoms with Crippen molar-refractivity contribution in [2.45, 2.75) is 71.8 Å². The molecule has 0 saturated heterocycles. The Balaban J connectivity index is 2.35. The summed E-state index contributed by atoms with van der Waals surface area (Å²) in [5.41, 5.74) is -0.00909. The fourth-order valence-corrected chi connectivity index (χ4v) is 5.39. The molecular formula is C16H30O2. The third-order valence-electron chi connectivity index (χ3n) is 6.18. The van der Waals surface area contributed by atoms with Gasteiger partial charge in [-0.25, -0.2) is 0 Å². The van der Waals surface area contributed by atoms with Gasteiger partial charge < -0.3 is 10.2 Å². The Kier molecular flexibility index (Phi) is 3.57. The monoisotopic (exact) mass is 254 g/mol. The van der Waals surface area contributed by atoms with Crippen molar-refractivity contribution in [1.82, 2.24) is 0 Å². The smallest absolute Gasteiger partial charge is 0.0654 e. The number of hydrogen-bond donors (Lipinski definition) is 2. The van der Waals surface area contributed by atoms with Crippen molar-refractivity contribution < 1.29 is 10.2 Å². The van der Waals surface area contributed by atoms with Crippen LogP contribution in [0.2, 0.25) is 0 Å². The molecule has 0 spiro atoms. The average Bonchev–Trinajstić information content (AvgIpc) is 2.22. The molecule has 2 fully saturated rings. The average molecular weight is 254 g/mol. The van der Waals surface area contributed by atoms with Crippen molar-refractivity contribution in [2.24, 2.45) is 22.7 Å². The van der Waals surface area contributed by atoms with E-state index in [4.69, 9.17) is 0 Å². The van der Waals surface area contributed by atoms with Gasteiger partial charge in [0.1, 0.15) is 0 Å². The van der Waals surface area contributed by atoms with Crippen molar-refractivity contribution in [3.05, 3.63) is 0 Å². The van der Waals surface area contributed by atoms with Crippen molar-refractivity contribution in [2.75, 3.05) is 6.61 Å². The number of rotatable bonds is 2. The van der Waals surface area contributed by atoms with Gasteiger partial charge in [-0.05, 0) is 61.7 Å². The van der Waals surface area contributed by atoms with Crippen LogP contribution in [0.3, 0.4) is 0 Å². The highest BCUT2D eigenvalue weighted by Gasteiger charge is 2.57. The van der Waals surface area contributed by atoms with Crippen LogP contribution in [0.5, 0.6) is 0 Å². The second-order valence-corrected chi connectivity index (χ2v) is 7.86. The van der Waals surface area contributed by atoms with Crippen molar-refractivity contribution in [1.29, 1.82) is 0 Å². The Morgan fingerprint density at radius 3 is 2.33 bits per heavy atom. The van der Waals surface area contributed by atoms with Crippen LogP contribution < -0.4 is 0 Å². The van der Waals surface area contributed by atoms with Crippen LogP contribution >= 0.6 is 0 Å². The Labute approximate surface area is 112 Å². The topological polar surface area (TPSA) is 40.5 Å². The van der Waals surface area contributed by atoms with E-state index in [1.807, 2.05) is 6.92 Å². The molecule has 2 rings (SSSR count).